The number of hydrogen-bond donors (Lipinski definition) is 1. The number of carbonyl (C=O) groups excluding carboxylic acids is 1. The molecule has 1 N–H and O–H groups in total. The number of benzene rings is 2. The largest absolute Gasteiger partial charge is 0.466 e. The number of fused-ring (bicyclic) bond motifs is 1. The lowest BCUT2D eigenvalue weighted by molar-refractivity contribution is -0.0489. The number of ether oxygens (including phenoxy) is 1. The molecule has 3 rings (SSSR count). The number of nitrogens with zero attached hydrogens (tertiary/aromatic N) is 1. The van der Waals surface area contributed by atoms with Crippen LogP contribution in [0.5, 0.6) is 5.75 Å². The highest BCUT2D eigenvalue weighted by atomic mass is 19.3. The summed E-state index contributed by atoms with van der Waals surface area (Å²) in [5.41, 5.74) is 3.50. The van der Waals surface area contributed by atoms with Gasteiger partial charge in [0.25, 0.3) is 5.91 Å². The number of furan rings is 1. The highest BCUT2D eigenvalue weighted by Crippen LogP contribution is 2.31. The summed E-state index contributed by atoms with van der Waals surface area (Å²) in [7, 11) is 0. The van der Waals surface area contributed by atoms with E-state index in [0.29, 0.717) is 33.7 Å². The second-order valence-corrected chi connectivity index (χ2v) is 6.01. The van der Waals surface area contributed by atoms with Gasteiger partial charge in [0.15, 0.2) is 0 Å². The number of halogens is 2. The number of nitrogens with one attached hydrogen (secondary N) is 1. The lowest BCUT2D eigenvalue weighted by Crippen LogP contribution is -2.20. The molecule has 0 unspecified atom stereocenters. The highest BCUT2D eigenvalue weighted by Gasteiger charge is 2.17. The first kappa shape index (κ1) is 18.6. The van der Waals surface area contributed by atoms with Gasteiger partial charge in [-0.15, -0.1) is 0 Å². The Kier molecular flexibility index (Phi) is 5.21. The van der Waals surface area contributed by atoms with Crippen LogP contribution in [0.4, 0.5) is 8.78 Å². The minimum atomic E-state index is -2.98. The van der Waals surface area contributed by atoms with Crippen molar-refractivity contribution < 1.29 is 22.7 Å². The molecule has 7 heteroatoms. The van der Waals surface area contributed by atoms with Crippen molar-refractivity contribution in [1.82, 2.24) is 5.43 Å². The molecule has 0 aliphatic rings. The zero-order valence-electron chi connectivity index (χ0n) is 15.0. The Morgan fingerprint density at radius 2 is 1.89 bits per heavy atom. The monoisotopic (exact) mass is 372 g/mol. The Hall–Kier alpha value is -3.22. The Labute approximate surface area is 154 Å². The predicted octanol–water partition coefficient (Wildman–Crippen LogP) is 4.81. The molecular weight excluding hydrogens is 354 g/mol. The average molecular weight is 372 g/mol. The molecule has 0 atom stereocenters. The number of hydrazone groups is 1. The van der Waals surface area contributed by atoms with Crippen molar-refractivity contribution in [3.05, 3.63) is 65.1 Å². The second kappa shape index (κ2) is 7.57. The van der Waals surface area contributed by atoms with Crippen molar-refractivity contribution in [2.24, 2.45) is 5.10 Å². The molecule has 0 fully saturated rings. The molecule has 3 aromatic rings. The fraction of sp³-hybridized carbons (Fsp3) is 0.200. The summed E-state index contributed by atoms with van der Waals surface area (Å²) in [4.78, 5) is 12.3. The van der Waals surface area contributed by atoms with Crippen molar-refractivity contribution >= 4 is 22.4 Å². The SMILES string of the molecule is C/C(=N/NC(=O)c1cc(C)oc1C)c1ccc2ccccc2c1OC(F)F. The van der Waals surface area contributed by atoms with E-state index in [9.17, 15) is 13.6 Å². The van der Waals surface area contributed by atoms with Crippen molar-refractivity contribution in [3.8, 4) is 5.75 Å². The standard InChI is InChI=1S/C20H18F2N2O3/c1-11-10-17(13(3)26-11)19(25)24-23-12(2)15-9-8-14-6-4-5-7-16(14)18(15)27-20(21)22/h4-10,20H,1-3H3,(H,24,25)/b23-12-. The number of carbonyl (C=O) groups is 1. The summed E-state index contributed by atoms with van der Waals surface area (Å²) in [6, 6.07) is 12.1. The van der Waals surface area contributed by atoms with E-state index in [2.05, 4.69) is 10.5 Å². The summed E-state index contributed by atoms with van der Waals surface area (Å²) in [5.74, 6) is 0.667. The average Bonchev–Trinajstić information content (AvgIpc) is 2.97. The molecule has 5 nitrogen and oxygen atoms in total. The van der Waals surface area contributed by atoms with E-state index in [0.717, 1.165) is 5.39 Å². The van der Waals surface area contributed by atoms with Crippen LogP contribution in [0.3, 0.4) is 0 Å². The molecule has 1 heterocycles. The van der Waals surface area contributed by atoms with Crippen LogP contribution in [-0.2, 0) is 0 Å². The fourth-order valence-electron chi connectivity index (χ4n) is 2.86. The topological polar surface area (TPSA) is 63.8 Å². The van der Waals surface area contributed by atoms with E-state index in [4.69, 9.17) is 9.15 Å². The van der Waals surface area contributed by atoms with Crippen LogP contribution in [-0.4, -0.2) is 18.2 Å². The molecule has 0 aliphatic heterocycles. The number of amides is 1. The van der Waals surface area contributed by atoms with E-state index in [1.807, 2.05) is 6.07 Å². The van der Waals surface area contributed by atoms with Gasteiger partial charge in [-0.25, -0.2) is 5.43 Å². The Bertz CT molecular complexity index is 1030. The third-order valence-corrected chi connectivity index (χ3v) is 4.09. The minimum Gasteiger partial charge on any atom is -0.466 e. The van der Waals surface area contributed by atoms with Crippen LogP contribution in [0.2, 0.25) is 0 Å². The molecule has 0 aliphatic carbocycles. The van der Waals surface area contributed by atoms with Gasteiger partial charge in [-0.05, 0) is 38.3 Å². The Balaban J connectivity index is 1.94. The van der Waals surface area contributed by atoms with E-state index >= 15 is 0 Å². The van der Waals surface area contributed by atoms with Crippen molar-refractivity contribution in [2.45, 2.75) is 27.4 Å². The Morgan fingerprint density at radius 1 is 1.15 bits per heavy atom. The maximum Gasteiger partial charge on any atom is 0.387 e. The van der Waals surface area contributed by atoms with Gasteiger partial charge in [-0.1, -0.05) is 30.3 Å². The molecule has 0 saturated heterocycles. The Morgan fingerprint density at radius 3 is 2.56 bits per heavy atom. The first-order chi connectivity index (χ1) is 12.9. The number of aryl methyl sites for hydroxylation is 2. The zero-order chi connectivity index (χ0) is 19.6. The molecule has 0 bridgehead atoms. The minimum absolute atomic E-state index is 0.0222. The van der Waals surface area contributed by atoms with Crippen LogP contribution >= 0.6 is 0 Å². The molecular formula is C20H18F2N2O3. The van der Waals surface area contributed by atoms with Crippen LogP contribution < -0.4 is 10.2 Å². The molecule has 140 valence electrons. The van der Waals surface area contributed by atoms with Crippen LogP contribution in [0.1, 0.15) is 34.4 Å². The smallest absolute Gasteiger partial charge is 0.387 e. The van der Waals surface area contributed by atoms with Gasteiger partial charge in [0.1, 0.15) is 17.3 Å². The normalized spacial score (nSPS) is 11.9. The van der Waals surface area contributed by atoms with Gasteiger partial charge in [0, 0.05) is 10.9 Å². The van der Waals surface area contributed by atoms with Crippen LogP contribution in [0, 0.1) is 13.8 Å². The summed E-state index contributed by atoms with van der Waals surface area (Å²) < 4.78 is 35.9. The quantitative estimate of drug-likeness (QED) is 0.517. The molecule has 0 saturated carbocycles. The molecule has 0 radical (unpaired) electrons. The zero-order valence-corrected chi connectivity index (χ0v) is 15.0. The molecule has 0 spiro atoms. The highest BCUT2D eigenvalue weighted by molar-refractivity contribution is 6.07. The maximum atomic E-state index is 12.9. The van der Waals surface area contributed by atoms with Crippen LogP contribution in [0.25, 0.3) is 10.8 Å². The van der Waals surface area contributed by atoms with Gasteiger partial charge < -0.3 is 9.15 Å². The van der Waals surface area contributed by atoms with Gasteiger partial charge in [-0.3, -0.25) is 4.79 Å². The van der Waals surface area contributed by atoms with Crippen LogP contribution in [0.15, 0.2) is 52.0 Å². The third kappa shape index (κ3) is 3.97. The van der Waals surface area contributed by atoms with E-state index in [-0.39, 0.29) is 5.75 Å². The third-order valence-electron chi connectivity index (χ3n) is 4.09. The van der Waals surface area contributed by atoms with Gasteiger partial charge >= 0.3 is 6.61 Å². The molecule has 27 heavy (non-hydrogen) atoms. The first-order valence-electron chi connectivity index (χ1n) is 8.25. The molecule has 1 amide bonds. The summed E-state index contributed by atoms with van der Waals surface area (Å²) in [6.07, 6.45) is 0. The molecule has 2 aromatic carbocycles. The number of alkyl halides is 2. The second-order valence-electron chi connectivity index (χ2n) is 6.01. The van der Waals surface area contributed by atoms with E-state index in [1.165, 1.54) is 0 Å². The lowest BCUT2D eigenvalue weighted by atomic mass is 10.0. The van der Waals surface area contributed by atoms with Gasteiger partial charge in [-0.2, -0.15) is 13.9 Å². The van der Waals surface area contributed by atoms with Crippen molar-refractivity contribution in [3.63, 3.8) is 0 Å². The van der Waals surface area contributed by atoms with Gasteiger partial charge in [0.2, 0.25) is 0 Å². The first-order valence-corrected chi connectivity index (χ1v) is 8.25. The summed E-state index contributed by atoms with van der Waals surface area (Å²) in [6.45, 7) is 2.04. The van der Waals surface area contributed by atoms with Crippen molar-refractivity contribution in [1.29, 1.82) is 0 Å². The van der Waals surface area contributed by atoms with Crippen molar-refractivity contribution in [2.75, 3.05) is 0 Å². The maximum absolute atomic E-state index is 12.9. The van der Waals surface area contributed by atoms with E-state index < -0.39 is 12.5 Å². The predicted molar refractivity (Wildman–Crippen MR) is 98.4 cm³/mol. The lowest BCUT2D eigenvalue weighted by Gasteiger charge is -2.13. The fourth-order valence-corrected chi connectivity index (χ4v) is 2.86. The van der Waals surface area contributed by atoms with Gasteiger partial charge in [0.05, 0.1) is 11.3 Å². The molecule has 1 aromatic heterocycles. The summed E-state index contributed by atoms with van der Waals surface area (Å²) in [5, 5.41) is 5.35. The summed E-state index contributed by atoms with van der Waals surface area (Å²) >= 11 is 0. The van der Waals surface area contributed by atoms with E-state index in [1.54, 1.807) is 57.2 Å². The number of rotatable bonds is 5. The number of hydrogen-bond acceptors (Lipinski definition) is 4.